The van der Waals surface area contributed by atoms with Crippen molar-refractivity contribution in [2.75, 3.05) is 13.7 Å². The van der Waals surface area contributed by atoms with Gasteiger partial charge in [0.1, 0.15) is 0 Å². The van der Waals surface area contributed by atoms with Crippen molar-refractivity contribution >= 4 is 5.97 Å². The Bertz CT molecular complexity index is 368. The number of esters is 1. The van der Waals surface area contributed by atoms with Gasteiger partial charge in [0.2, 0.25) is 0 Å². The van der Waals surface area contributed by atoms with E-state index in [-0.39, 0.29) is 12.1 Å². The lowest BCUT2D eigenvalue weighted by atomic mass is 9.99. The van der Waals surface area contributed by atoms with Gasteiger partial charge in [0, 0.05) is 12.1 Å². The molecular formula is C10H11F2NO2. The normalized spacial score (nSPS) is 12.3. The fourth-order valence-corrected chi connectivity index (χ4v) is 1.28. The number of methoxy groups -OCH3 is 1. The van der Waals surface area contributed by atoms with Gasteiger partial charge < -0.3 is 10.5 Å². The van der Waals surface area contributed by atoms with Crippen LogP contribution in [0.15, 0.2) is 18.2 Å². The molecule has 0 saturated heterocycles. The lowest BCUT2D eigenvalue weighted by Crippen LogP contribution is -2.24. The highest BCUT2D eigenvalue weighted by Crippen LogP contribution is 2.21. The van der Waals surface area contributed by atoms with E-state index in [9.17, 15) is 13.6 Å². The van der Waals surface area contributed by atoms with Crippen LogP contribution in [-0.4, -0.2) is 19.6 Å². The molecule has 0 saturated carbocycles. The number of benzene rings is 1. The topological polar surface area (TPSA) is 52.3 Å². The molecule has 0 heterocycles. The zero-order chi connectivity index (χ0) is 11.4. The molecule has 1 aromatic carbocycles. The van der Waals surface area contributed by atoms with E-state index in [1.165, 1.54) is 19.2 Å². The highest BCUT2D eigenvalue weighted by Gasteiger charge is 2.24. The van der Waals surface area contributed by atoms with Gasteiger partial charge in [-0.1, -0.05) is 12.1 Å². The van der Waals surface area contributed by atoms with Crippen molar-refractivity contribution in [3.63, 3.8) is 0 Å². The number of rotatable bonds is 3. The van der Waals surface area contributed by atoms with E-state index in [2.05, 4.69) is 4.74 Å². The van der Waals surface area contributed by atoms with E-state index < -0.39 is 23.5 Å². The second-order valence-electron chi connectivity index (χ2n) is 2.95. The van der Waals surface area contributed by atoms with Crippen LogP contribution < -0.4 is 5.73 Å². The van der Waals surface area contributed by atoms with Crippen LogP contribution >= 0.6 is 0 Å². The van der Waals surface area contributed by atoms with Crippen LogP contribution in [0.4, 0.5) is 8.78 Å². The smallest absolute Gasteiger partial charge is 0.314 e. The maximum Gasteiger partial charge on any atom is 0.314 e. The average molecular weight is 215 g/mol. The van der Waals surface area contributed by atoms with Crippen molar-refractivity contribution in [2.24, 2.45) is 5.73 Å². The Balaban J connectivity index is 3.12. The number of hydrogen-bond donors (Lipinski definition) is 1. The molecule has 82 valence electrons. The van der Waals surface area contributed by atoms with E-state index in [0.717, 1.165) is 6.07 Å². The quantitative estimate of drug-likeness (QED) is 0.770. The zero-order valence-corrected chi connectivity index (χ0v) is 8.17. The molecule has 0 bridgehead atoms. The average Bonchev–Trinajstić information content (AvgIpc) is 2.24. The van der Waals surface area contributed by atoms with E-state index in [1.54, 1.807) is 0 Å². The van der Waals surface area contributed by atoms with Gasteiger partial charge in [0.25, 0.3) is 0 Å². The second kappa shape index (κ2) is 4.84. The Morgan fingerprint density at radius 2 is 2.20 bits per heavy atom. The van der Waals surface area contributed by atoms with E-state index >= 15 is 0 Å². The molecule has 1 rings (SSSR count). The summed E-state index contributed by atoms with van der Waals surface area (Å²) in [6, 6.07) is 3.61. The molecule has 0 fully saturated rings. The Kier molecular flexibility index (Phi) is 3.74. The third-order valence-corrected chi connectivity index (χ3v) is 2.08. The van der Waals surface area contributed by atoms with Gasteiger partial charge in [-0.2, -0.15) is 0 Å². The minimum atomic E-state index is -1.06. The molecule has 5 heteroatoms. The monoisotopic (exact) mass is 215 g/mol. The van der Waals surface area contributed by atoms with Crippen molar-refractivity contribution in [2.45, 2.75) is 5.92 Å². The molecule has 1 atom stereocenters. The second-order valence-corrected chi connectivity index (χ2v) is 2.95. The van der Waals surface area contributed by atoms with Gasteiger partial charge in [0.05, 0.1) is 13.0 Å². The van der Waals surface area contributed by atoms with Crippen molar-refractivity contribution in [3.05, 3.63) is 35.4 Å². The molecule has 0 amide bonds. The van der Waals surface area contributed by atoms with Crippen molar-refractivity contribution < 1.29 is 18.3 Å². The van der Waals surface area contributed by atoms with Gasteiger partial charge in [-0.3, -0.25) is 4.79 Å². The largest absolute Gasteiger partial charge is 0.469 e. The predicted molar refractivity (Wildman–Crippen MR) is 50.2 cm³/mol. The van der Waals surface area contributed by atoms with Crippen LogP contribution in [0, 0.1) is 11.6 Å². The van der Waals surface area contributed by atoms with Gasteiger partial charge in [0.15, 0.2) is 11.6 Å². The summed E-state index contributed by atoms with van der Waals surface area (Å²) in [5, 5.41) is 0. The minimum absolute atomic E-state index is 0.0793. The van der Waals surface area contributed by atoms with E-state index in [0.29, 0.717) is 0 Å². The summed E-state index contributed by atoms with van der Waals surface area (Å²) in [4.78, 5) is 11.2. The molecule has 0 spiro atoms. The highest BCUT2D eigenvalue weighted by atomic mass is 19.2. The first-order chi connectivity index (χ1) is 7.11. The van der Waals surface area contributed by atoms with Gasteiger partial charge in [-0.05, 0) is 6.07 Å². The first-order valence-corrected chi connectivity index (χ1v) is 4.33. The van der Waals surface area contributed by atoms with Crippen LogP contribution in [0.5, 0.6) is 0 Å². The summed E-state index contributed by atoms with van der Waals surface area (Å²) in [6.45, 7) is -0.132. The third kappa shape index (κ3) is 2.30. The zero-order valence-electron chi connectivity index (χ0n) is 8.17. The molecule has 15 heavy (non-hydrogen) atoms. The number of nitrogens with two attached hydrogens (primary N) is 1. The predicted octanol–water partition coefficient (Wildman–Crippen LogP) is 1.18. The molecule has 2 N–H and O–H groups in total. The van der Waals surface area contributed by atoms with Crippen molar-refractivity contribution in [1.82, 2.24) is 0 Å². The van der Waals surface area contributed by atoms with Crippen LogP contribution in [0.2, 0.25) is 0 Å². The fourth-order valence-electron chi connectivity index (χ4n) is 1.28. The molecule has 1 aromatic rings. The number of ether oxygens (including phenoxy) is 1. The molecule has 3 nitrogen and oxygen atoms in total. The van der Waals surface area contributed by atoms with Crippen molar-refractivity contribution in [3.8, 4) is 0 Å². The van der Waals surface area contributed by atoms with Crippen LogP contribution in [-0.2, 0) is 9.53 Å². The van der Waals surface area contributed by atoms with E-state index in [1.807, 2.05) is 0 Å². The summed E-state index contributed by atoms with van der Waals surface area (Å²) in [5.74, 6) is -3.71. The van der Waals surface area contributed by atoms with Gasteiger partial charge in [-0.15, -0.1) is 0 Å². The Morgan fingerprint density at radius 1 is 1.53 bits per heavy atom. The minimum Gasteiger partial charge on any atom is -0.469 e. The fraction of sp³-hybridized carbons (Fsp3) is 0.300. The number of carbonyl (C=O) groups is 1. The third-order valence-electron chi connectivity index (χ3n) is 2.08. The van der Waals surface area contributed by atoms with Crippen LogP contribution in [0.25, 0.3) is 0 Å². The molecular weight excluding hydrogens is 204 g/mol. The number of halogens is 2. The lowest BCUT2D eigenvalue weighted by Gasteiger charge is -2.13. The van der Waals surface area contributed by atoms with Crippen LogP contribution in [0.3, 0.4) is 0 Å². The molecule has 0 aliphatic rings. The van der Waals surface area contributed by atoms with Crippen molar-refractivity contribution in [1.29, 1.82) is 0 Å². The molecule has 0 radical (unpaired) electrons. The summed E-state index contributed by atoms with van der Waals surface area (Å²) in [7, 11) is 1.17. The summed E-state index contributed by atoms with van der Waals surface area (Å²) in [6.07, 6.45) is 0. The first kappa shape index (κ1) is 11.6. The summed E-state index contributed by atoms with van der Waals surface area (Å²) in [5.41, 5.74) is 5.23. The lowest BCUT2D eigenvalue weighted by molar-refractivity contribution is -0.142. The van der Waals surface area contributed by atoms with Crippen LogP contribution in [0.1, 0.15) is 11.5 Å². The molecule has 0 aromatic heterocycles. The maximum atomic E-state index is 13.3. The van der Waals surface area contributed by atoms with Gasteiger partial charge >= 0.3 is 5.97 Å². The molecule has 0 aliphatic heterocycles. The number of carbonyl (C=O) groups excluding carboxylic acids is 1. The summed E-state index contributed by atoms with van der Waals surface area (Å²) < 4.78 is 30.6. The molecule has 0 aliphatic carbocycles. The van der Waals surface area contributed by atoms with E-state index in [4.69, 9.17) is 5.73 Å². The van der Waals surface area contributed by atoms with Gasteiger partial charge in [-0.25, -0.2) is 8.78 Å². The Hall–Kier alpha value is -1.49. The summed E-state index contributed by atoms with van der Waals surface area (Å²) >= 11 is 0. The Labute approximate surface area is 85.8 Å². The maximum absolute atomic E-state index is 13.3. The molecule has 1 unspecified atom stereocenters. The highest BCUT2D eigenvalue weighted by molar-refractivity contribution is 5.78. The SMILES string of the molecule is COC(=O)C(CN)c1cccc(F)c1F. The Morgan fingerprint density at radius 3 is 2.73 bits per heavy atom. The number of hydrogen-bond acceptors (Lipinski definition) is 3. The first-order valence-electron chi connectivity index (χ1n) is 4.33. The standard InChI is InChI=1S/C10H11F2NO2/c1-15-10(14)7(5-13)6-3-2-4-8(11)9(6)12/h2-4,7H,5,13H2,1H3.